The Balaban J connectivity index is 1.44. The number of rotatable bonds is 6. The number of ether oxygens (including phenoxy) is 1. The normalized spacial score (nSPS) is 25.1. The average Bonchev–Trinajstić information content (AvgIpc) is 2.74. The fourth-order valence-corrected chi connectivity index (χ4v) is 4.73. The van der Waals surface area contributed by atoms with Gasteiger partial charge < -0.3 is 20.7 Å². The van der Waals surface area contributed by atoms with Gasteiger partial charge in [0, 0.05) is 24.3 Å². The molecule has 3 N–H and O–H groups in total. The minimum atomic E-state index is 0.321. The van der Waals surface area contributed by atoms with Crippen molar-refractivity contribution in [2.24, 2.45) is 5.92 Å². The fourth-order valence-electron chi connectivity index (χ4n) is 4.53. The highest BCUT2D eigenvalue weighted by Gasteiger charge is 2.24. The highest BCUT2D eigenvalue weighted by atomic mass is 35.5. The molecule has 2 aliphatic heterocycles. The molecule has 0 aliphatic carbocycles. The molecular weight excluding hydrogens is 398 g/mol. The van der Waals surface area contributed by atoms with E-state index < -0.39 is 0 Å². The Kier molecular flexibility index (Phi) is 7.08. The first-order valence-electron chi connectivity index (χ1n) is 11.1. The second kappa shape index (κ2) is 9.94. The van der Waals surface area contributed by atoms with Gasteiger partial charge in [-0.1, -0.05) is 17.7 Å². The Labute approximate surface area is 184 Å². The maximum absolute atomic E-state index is 6.48. The molecule has 0 amide bonds. The van der Waals surface area contributed by atoms with Gasteiger partial charge in [-0.3, -0.25) is 0 Å². The molecule has 162 valence electrons. The van der Waals surface area contributed by atoms with Crippen LogP contribution in [0.2, 0.25) is 5.02 Å². The Bertz CT molecular complexity index is 832. The maximum atomic E-state index is 6.48. The van der Waals surface area contributed by atoms with Crippen LogP contribution in [-0.2, 0) is 4.74 Å². The van der Waals surface area contributed by atoms with Gasteiger partial charge in [0.05, 0.1) is 22.9 Å². The van der Waals surface area contributed by atoms with E-state index in [1.165, 1.54) is 0 Å². The Morgan fingerprint density at radius 2 is 1.90 bits per heavy atom. The third-order valence-corrected chi connectivity index (χ3v) is 6.24. The molecule has 4 rings (SSSR count). The molecule has 2 aromatic rings. The number of nitrogens with zero attached hydrogens (tertiary/aromatic N) is 2. The van der Waals surface area contributed by atoms with Crippen LogP contribution in [0.1, 0.15) is 39.5 Å². The zero-order chi connectivity index (χ0) is 20.9. The number of halogens is 1. The van der Waals surface area contributed by atoms with Gasteiger partial charge in [0.2, 0.25) is 0 Å². The smallest absolute Gasteiger partial charge is 0.126 e. The van der Waals surface area contributed by atoms with E-state index in [4.69, 9.17) is 21.3 Å². The standard InChI is InChI=1S/C23H32ClN5O/c1-15-10-17(11-16(2)30-15)13-26-22-5-3-4-21(29-22)19-12-23(27-14-20(19)24)28-18-6-8-25-9-7-18/h3-5,12,14-18,25H,6-11,13H2,1-2H3,(H,26,29)(H,27,28). The molecule has 7 heteroatoms. The van der Waals surface area contributed by atoms with Gasteiger partial charge in [-0.05, 0) is 76.7 Å². The van der Waals surface area contributed by atoms with Crippen LogP contribution in [0.5, 0.6) is 0 Å². The third kappa shape index (κ3) is 5.62. The lowest BCUT2D eigenvalue weighted by molar-refractivity contribution is -0.0495. The van der Waals surface area contributed by atoms with Crippen LogP contribution in [0.25, 0.3) is 11.3 Å². The number of hydrogen-bond donors (Lipinski definition) is 3. The van der Waals surface area contributed by atoms with E-state index in [1.54, 1.807) is 6.20 Å². The molecule has 2 saturated heterocycles. The number of pyridine rings is 2. The topological polar surface area (TPSA) is 71.1 Å². The lowest BCUT2D eigenvalue weighted by atomic mass is 9.92. The first-order chi connectivity index (χ1) is 14.6. The van der Waals surface area contributed by atoms with Crippen LogP contribution in [0.15, 0.2) is 30.5 Å². The van der Waals surface area contributed by atoms with Gasteiger partial charge in [0.1, 0.15) is 11.6 Å². The van der Waals surface area contributed by atoms with E-state index in [-0.39, 0.29) is 0 Å². The summed E-state index contributed by atoms with van der Waals surface area (Å²) in [4.78, 5) is 9.30. The van der Waals surface area contributed by atoms with Crippen LogP contribution in [0, 0.1) is 5.92 Å². The predicted octanol–water partition coefficient (Wildman–Crippen LogP) is 4.58. The number of nitrogens with one attached hydrogen (secondary N) is 3. The second-order valence-electron chi connectivity index (χ2n) is 8.60. The van der Waals surface area contributed by atoms with Gasteiger partial charge >= 0.3 is 0 Å². The molecule has 0 bridgehead atoms. The number of piperidine rings is 1. The molecule has 0 radical (unpaired) electrons. The molecule has 0 saturated carbocycles. The first kappa shape index (κ1) is 21.3. The summed E-state index contributed by atoms with van der Waals surface area (Å²) < 4.78 is 5.85. The number of anilines is 2. The molecule has 4 heterocycles. The lowest BCUT2D eigenvalue weighted by Gasteiger charge is -2.32. The summed E-state index contributed by atoms with van der Waals surface area (Å²) in [6, 6.07) is 8.49. The van der Waals surface area contributed by atoms with Crippen molar-refractivity contribution >= 4 is 23.2 Å². The van der Waals surface area contributed by atoms with E-state index in [9.17, 15) is 0 Å². The van der Waals surface area contributed by atoms with E-state index in [0.29, 0.717) is 29.2 Å². The molecule has 2 unspecified atom stereocenters. The minimum absolute atomic E-state index is 0.321. The zero-order valence-corrected chi connectivity index (χ0v) is 18.6. The molecule has 2 fully saturated rings. The summed E-state index contributed by atoms with van der Waals surface area (Å²) in [6.07, 6.45) is 6.72. The van der Waals surface area contributed by atoms with Crippen molar-refractivity contribution in [3.63, 3.8) is 0 Å². The summed E-state index contributed by atoms with van der Waals surface area (Å²) >= 11 is 6.48. The molecule has 0 spiro atoms. The highest BCUT2D eigenvalue weighted by molar-refractivity contribution is 6.33. The largest absolute Gasteiger partial charge is 0.376 e. The monoisotopic (exact) mass is 429 g/mol. The lowest BCUT2D eigenvalue weighted by Crippen LogP contribution is -2.35. The summed E-state index contributed by atoms with van der Waals surface area (Å²) in [5.41, 5.74) is 1.76. The van der Waals surface area contributed by atoms with Gasteiger partial charge in [-0.2, -0.15) is 0 Å². The maximum Gasteiger partial charge on any atom is 0.126 e. The van der Waals surface area contributed by atoms with Gasteiger partial charge in [0.15, 0.2) is 0 Å². The predicted molar refractivity (Wildman–Crippen MR) is 123 cm³/mol. The van der Waals surface area contributed by atoms with Crippen LogP contribution in [-0.4, -0.2) is 47.9 Å². The minimum Gasteiger partial charge on any atom is -0.376 e. The summed E-state index contributed by atoms with van der Waals surface area (Å²) in [6.45, 7) is 7.29. The van der Waals surface area contributed by atoms with Crippen molar-refractivity contribution in [1.82, 2.24) is 15.3 Å². The van der Waals surface area contributed by atoms with E-state index in [0.717, 1.165) is 68.2 Å². The van der Waals surface area contributed by atoms with E-state index >= 15 is 0 Å². The molecular formula is C23H32ClN5O. The zero-order valence-electron chi connectivity index (χ0n) is 17.8. The Hall–Kier alpha value is -1.89. The quantitative estimate of drug-likeness (QED) is 0.624. The van der Waals surface area contributed by atoms with Crippen molar-refractivity contribution in [2.45, 2.75) is 57.8 Å². The van der Waals surface area contributed by atoms with E-state index in [2.05, 4.69) is 34.8 Å². The van der Waals surface area contributed by atoms with Crippen LogP contribution >= 0.6 is 11.6 Å². The highest BCUT2D eigenvalue weighted by Crippen LogP contribution is 2.30. The summed E-state index contributed by atoms with van der Waals surface area (Å²) in [5.74, 6) is 2.33. The molecule has 6 nitrogen and oxygen atoms in total. The van der Waals surface area contributed by atoms with Crippen LogP contribution in [0.4, 0.5) is 11.6 Å². The number of hydrogen-bond acceptors (Lipinski definition) is 6. The van der Waals surface area contributed by atoms with Gasteiger partial charge in [-0.25, -0.2) is 9.97 Å². The molecule has 2 aliphatic rings. The van der Waals surface area contributed by atoms with E-state index in [1.807, 2.05) is 24.3 Å². The third-order valence-electron chi connectivity index (χ3n) is 5.94. The molecule has 2 atom stereocenters. The molecule has 30 heavy (non-hydrogen) atoms. The number of aromatic nitrogens is 2. The first-order valence-corrected chi connectivity index (χ1v) is 11.4. The van der Waals surface area contributed by atoms with Gasteiger partial charge in [0.25, 0.3) is 0 Å². The van der Waals surface area contributed by atoms with Crippen LogP contribution < -0.4 is 16.0 Å². The van der Waals surface area contributed by atoms with Crippen LogP contribution in [0.3, 0.4) is 0 Å². The SMILES string of the molecule is CC1CC(CNc2cccc(-c3cc(NC4CCNCC4)ncc3Cl)n2)CC(C)O1. The Morgan fingerprint density at radius 3 is 2.67 bits per heavy atom. The summed E-state index contributed by atoms with van der Waals surface area (Å²) in [7, 11) is 0. The van der Waals surface area contributed by atoms with Crippen molar-refractivity contribution in [2.75, 3.05) is 30.3 Å². The Morgan fingerprint density at radius 1 is 1.13 bits per heavy atom. The fraction of sp³-hybridized carbons (Fsp3) is 0.565. The van der Waals surface area contributed by atoms with Crippen molar-refractivity contribution < 1.29 is 4.74 Å². The van der Waals surface area contributed by atoms with Crippen molar-refractivity contribution in [1.29, 1.82) is 0 Å². The van der Waals surface area contributed by atoms with Gasteiger partial charge in [-0.15, -0.1) is 0 Å². The van der Waals surface area contributed by atoms with Crippen molar-refractivity contribution in [3.8, 4) is 11.3 Å². The second-order valence-corrected chi connectivity index (χ2v) is 9.01. The molecule has 2 aromatic heterocycles. The molecule has 0 aromatic carbocycles. The average molecular weight is 430 g/mol. The summed E-state index contributed by atoms with van der Waals surface area (Å²) in [5, 5.41) is 11.1. The van der Waals surface area contributed by atoms with Crippen molar-refractivity contribution in [3.05, 3.63) is 35.5 Å².